The van der Waals surface area contributed by atoms with Crippen LogP contribution in [0.5, 0.6) is 11.5 Å². The van der Waals surface area contributed by atoms with Gasteiger partial charge in [0.25, 0.3) is 5.91 Å². The highest BCUT2D eigenvalue weighted by Gasteiger charge is 2.26. The van der Waals surface area contributed by atoms with Gasteiger partial charge in [-0.05, 0) is 60.7 Å². The van der Waals surface area contributed by atoms with Gasteiger partial charge in [0.05, 0.1) is 0 Å². The van der Waals surface area contributed by atoms with Crippen LogP contribution in [0.4, 0.5) is 0 Å². The number of benzene rings is 2. The number of carbonyl (C=O) groups excluding carboxylic acids is 2. The molecular weight excluding hydrogens is 430 g/mol. The maximum Gasteiger partial charge on any atom is 0.270 e. The highest BCUT2D eigenvalue weighted by molar-refractivity contribution is 6.31. The van der Waals surface area contributed by atoms with E-state index in [2.05, 4.69) is 10.3 Å². The number of likely N-dealkylation sites (tertiary alicyclic amines) is 1. The van der Waals surface area contributed by atoms with Crippen molar-refractivity contribution in [2.45, 2.75) is 25.8 Å². The van der Waals surface area contributed by atoms with Gasteiger partial charge >= 0.3 is 0 Å². The average molecular weight is 454 g/mol. The summed E-state index contributed by atoms with van der Waals surface area (Å²) in [6.07, 6.45) is 2.10. The van der Waals surface area contributed by atoms with Gasteiger partial charge < -0.3 is 24.7 Å². The summed E-state index contributed by atoms with van der Waals surface area (Å²) in [6.45, 7) is 1.99. The first-order valence-electron chi connectivity index (χ1n) is 10.8. The molecule has 2 N–H and O–H groups in total. The molecule has 0 saturated carbocycles. The SMILES string of the molecule is O=C(CC1CCN(C(=O)c2cc3cc(Cl)ccc3[nH]2)CC1)NCc1ccc2c(c1)OCO2. The minimum Gasteiger partial charge on any atom is -0.454 e. The minimum atomic E-state index is -0.0111. The van der Waals surface area contributed by atoms with Crippen molar-refractivity contribution in [1.82, 2.24) is 15.2 Å². The quantitative estimate of drug-likeness (QED) is 0.609. The Hall–Kier alpha value is -3.19. The van der Waals surface area contributed by atoms with Crippen LogP contribution in [0.25, 0.3) is 10.9 Å². The number of amides is 2. The van der Waals surface area contributed by atoms with Crippen LogP contribution in [0.15, 0.2) is 42.5 Å². The van der Waals surface area contributed by atoms with Crippen molar-refractivity contribution in [1.29, 1.82) is 0 Å². The van der Waals surface area contributed by atoms with E-state index >= 15 is 0 Å². The largest absolute Gasteiger partial charge is 0.454 e. The summed E-state index contributed by atoms with van der Waals surface area (Å²) in [6, 6.07) is 13.1. The van der Waals surface area contributed by atoms with Crippen LogP contribution < -0.4 is 14.8 Å². The summed E-state index contributed by atoms with van der Waals surface area (Å²) < 4.78 is 10.7. The predicted molar refractivity (Wildman–Crippen MR) is 121 cm³/mol. The maximum atomic E-state index is 12.9. The number of hydrogen-bond donors (Lipinski definition) is 2. The number of piperidine rings is 1. The normalized spacial score (nSPS) is 15.8. The van der Waals surface area contributed by atoms with Gasteiger partial charge in [0.2, 0.25) is 12.7 Å². The second-order valence-electron chi connectivity index (χ2n) is 8.32. The fraction of sp³-hybridized carbons (Fsp3) is 0.333. The van der Waals surface area contributed by atoms with E-state index in [1.807, 2.05) is 41.3 Å². The summed E-state index contributed by atoms with van der Waals surface area (Å²) in [5.74, 6) is 1.74. The van der Waals surface area contributed by atoms with E-state index in [9.17, 15) is 9.59 Å². The van der Waals surface area contributed by atoms with Crippen molar-refractivity contribution in [3.8, 4) is 11.5 Å². The molecule has 7 nitrogen and oxygen atoms in total. The lowest BCUT2D eigenvalue weighted by Gasteiger charge is -2.31. The van der Waals surface area contributed by atoms with Crippen LogP contribution in [-0.4, -0.2) is 41.6 Å². The number of carbonyl (C=O) groups is 2. The molecule has 1 saturated heterocycles. The van der Waals surface area contributed by atoms with E-state index < -0.39 is 0 Å². The number of nitrogens with one attached hydrogen (secondary N) is 2. The zero-order valence-electron chi connectivity index (χ0n) is 17.5. The second-order valence-corrected chi connectivity index (χ2v) is 8.76. The lowest BCUT2D eigenvalue weighted by molar-refractivity contribution is -0.122. The summed E-state index contributed by atoms with van der Waals surface area (Å²) in [5, 5.41) is 4.56. The van der Waals surface area contributed by atoms with Crippen molar-refractivity contribution in [2.75, 3.05) is 19.9 Å². The molecule has 1 aromatic heterocycles. The Morgan fingerprint density at radius 3 is 2.72 bits per heavy atom. The Balaban J connectivity index is 1.10. The summed E-state index contributed by atoms with van der Waals surface area (Å²) >= 11 is 6.04. The molecule has 166 valence electrons. The van der Waals surface area contributed by atoms with Crippen LogP contribution in [0.3, 0.4) is 0 Å². The van der Waals surface area contributed by atoms with Crippen LogP contribution in [-0.2, 0) is 11.3 Å². The fourth-order valence-corrected chi connectivity index (χ4v) is 4.50. The first-order valence-corrected chi connectivity index (χ1v) is 11.2. The van der Waals surface area contributed by atoms with Gasteiger partial charge in [-0.3, -0.25) is 9.59 Å². The lowest BCUT2D eigenvalue weighted by Crippen LogP contribution is -2.39. The van der Waals surface area contributed by atoms with E-state index in [0.29, 0.717) is 42.5 Å². The Labute approximate surface area is 190 Å². The molecule has 0 atom stereocenters. The summed E-state index contributed by atoms with van der Waals surface area (Å²) in [5.41, 5.74) is 2.44. The third-order valence-electron chi connectivity index (χ3n) is 6.12. The van der Waals surface area contributed by atoms with E-state index in [1.54, 1.807) is 6.07 Å². The molecule has 0 spiro atoms. The zero-order valence-corrected chi connectivity index (χ0v) is 18.3. The molecular formula is C24H24ClN3O4. The number of hydrogen-bond acceptors (Lipinski definition) is 4. The minimum absolute atomic E-state index is 0.0111. The van der Waals surface area contributed by atoms with E-state index in [-0.39, 0.29) is 24.5 Å². The van der Waals surface area contributed by atoms with Gasteiger partial charge in [0.1, 0.15) is 5.69 Å². The van der Waals surface area contributed by atoms with Crippen molar-refractivity contribution in [3.63, 3.8) is 0 Å². The Bertz CT molecular complexity index is 1170. The summed E-state index contributed by atoms with van der Waals surface area (Å²) in [7, 11) is 0. The average Bonchev–Trinajstić information content (AvgIpc) is 3.44. The maximum absolute atomic E-state index is 12.9. The molecule has 2 aliphatic heterocycles. The molecule has 3 aromatic rings. The number of fused-ring (bicyclic) bond motifs is 2. The molecule has 0 aliphatic carbocycles. The molecule has 32 heavy (non-hydrogen) atoms. The Morgan fingerprint density at radius 2 is 1.88 bits per heavy atom. The standard InChI is InChI=1S/C24H24ClN3O4/c25-18-2-3-19-17(11-18)12-20(27-19)24(30)28-7-5-15(6-8-28)10-23(29)26-13-16-1-4-21-22(9-16)32-14-31-21/h1-4,9,11-12,15,27H,5-8,10,13-14H2,(H,26,29). The number of rotatable bonds is 5. The van der Waals surface area contributed by atoms with E-state index in [1.165, 1.54) is 0 Å². The predicted octanol–water partition coefficient (Wildman–Crippen LogP) is 4.11. The molecule has 0 unspecified atom stereocenters. The number of halogens is 1. The molecule has 2 amide bonds. The first kappa shape index (κ1) is 20.7. The second kappa shape index (κ2) is 8.74. The van der Waals surface area contributed by atoms with E-state index in [4.69, 9.17) is 21.1 Å². The number of nitrogens with zero attached hydrogens (tertiary/aromatic N) is 1. The number of aromatic amines is 1. The van der Waals surface area contributed by atoms with Crippen molar-refractivity contribution >= 4 is 34.3 Å². The van der Waals surface area contributed by atoms with Crippen molar-refractivity contribution < 1.29 is 19.1 Å². The van der Waals surface area contributed by atoms with Crippen LogP contribution in [0.2, 0.25) is 5.02 Å². The number of ether oxygens (including phenoxy) is 2. The number of H-pyrrole nitrogens is 1. The van der Waals surface area contributed by atoms with Crippen molar-refractivity contribution in [2.24, 2.45) is 5.92 Å². The molecule has 8 heteroatoms. The lowest BCUT2D eigenvalue weighted by atomic mass is 9.93. The van der Waals surface area contributed by atoms with Crippen molar-refractivity contribution in [3.05, 3.63) is 58.7 Å². The molecule has 0 bridgehead atoms. The highest BCUT2D eigenvalue weighted by Crippen LogP contribution is 2.32. The van der Waals surface area contributed by atoms with Crippen LogP contribution in [0.1, 0.15) is 35.3 Å². The van der Waals surface area contributed by atoms with Crippen LogP contribution in [0, 0.1) is 5.92 Å². The third-order valence-corrected chi connectivity index (χ3v) is 6.35. The van der Waals surface area contributed by atoms with Gasteiger partial charge in [-0.15, -0.1) is 0 Å². The molecule has 1 fully saturated rings. The molecule has 3 heterocycles. The van der Waals surface area contributed by atoms with Crippen LogP contribution >= 0.6 is 11.6 Å². The molecule has 2 aliphatic rings. The monoisotopic (exact) mass is 453 g/mol. The Kier molecular flexibility index (Phi) is 5.66. The molecule has 2 aromatic carbocycles. The van der Waals surface area contributed by atoms with Gasteiger partial charge in [0.15, 0.2) is 11.5 Å². The number of aromatic nitrogens is 1. The molecule has 5 rings (SSSR count). The van der Waals surface area contributed by atoms with Gasteiger partial charge in [-0.1, -0.05) is 17.7 Å². The molecule has 0 radical (unpaired) electrons. The van der Waals surface area contributed by atoms with E-state index in [0.717, 1.165) is 35.1 Å². The fourth-order valence-electron chi connectivity index (χ4n) is 4.32. The zero-order chi connectivity index (χ0) is 22.1. The van der Waals surface area contributed by atoms with Gasteiger partial charge in [-0.25, -0.2) is 0 Å². The topological polar surface area (TPSA) is 83.7 Å². The smallest absolute Gasteiger partial charge is 0.270 e. The highest BCUT2D eigenvalue weighted by atomic mass is 35.5. The van der Waals surface area contributed by atoms with Gasteiger partial charge in [-0.2, -0.15) is 0 Å². The van der Waals surface area contributed by atoms with Gasteiger partial charge in [0, 0.05) is 42.0 Å². The first-order chi connectivity index (χ1) is 15.5. The summed E-state index contributed by atoms with van der Waals surface area (Å²) in [4.78, 5) is 30.3. The third kappa shape index (κ3) is 4.39. The Morgan fingerprint density at radius 1 is 1.06 bits per heavy atom.